The van der Waals surface area contributed by atoms with Crippen molar-refractivity contribution in [3.05, 3.63) is 35.5 Å². The summed E-state index contributed by atoms with van der Waals surface area (Å²) in [6.07, 6.45) is 10.6. The number of anilines is 1. The fraction of sp³-hybridized carbons (Fsp3) is 0.550. The molecule has 1 amide bonds. The van der Waals surface area contributed by atoms with E-state index in [1.165, 1.54) is 25.7 Å². The molecule has 1 aliphatic carbocycles. The summed E-state index contributed by atoms with van der Waals surface area (Å²) in [5.74, 6) is 1.27. The maximum Gasteiger partial charge on any atom is 0.227 e. The molecular formula is C20H31N5O. The van der Waals surface area contributed by atoms with Gasteiger partial charge in [-0.3, -0.25) is 9.79 Å². The quantitative estimate of drug-likeness (QED) is 0.379. The Kier molecular flexibility index (Phi) is 8.66. The smallest absolute Gasteiger partial charge is 0.227 e. The molecule has 6 heteroatoms. The number of nitrogens with one attached hydrogen (secondary N) is 3. The van der Waals surface area contributed by atoms with E-state index in [-0.39, 0.29) is 5.91 Å². The molecule has 2 rings (SSSR count). The minimum Gasteiger partial charge on any atom is -0.357 e. The van der Waals surface area contributed by atoms with Gasteiger partial charge in [0, 0.05) is 25.7 Å². The van der Waals surface area contributed by atoms with E-state index in [1.807, 2.05) is 26.0 Å². The molecule has 0 spiro atoms. The fourth-order valence-corrected chi connectivity index (χ4v) is 2.83. The highest BCUT2D eigenvalue weighted by Gasteiger charge is 2.05. The summed E-state index contributed by atoms with van der Waals surface area (Å²) in [6.45, 7) is 6.12. The molecule has 0 aromatic carbocycles. The van der Waals surface area contributed by atoms with Crippen LogP contribution in [-0.4, -0.2) is 36.5 Å². The first-order valence-corrected chi connectivity index (χ1v) is 9.60. The molecule has 1 aromatic rings. The molecule has 0 radical (unpaired) electrons. The van der Waals surface area contributed by atoms with Gasteiger partial charge in [0.25, 0.3) is 0 Å². The van der Waals surface area contributed by atoms with Crippen molar-refractivity contribution in [2.45, 2.75) is 52.4 Å². The van der Waals surface area contributed by atoms with Crippen LogP contribution in [0.2, 0.25) is 0 Å². The van der Waals surface area contributed by atoms with E-state index in [2.05, 4.69) is 32.0 Å². The Morgan fingerprint density at radius 2 is 2.15 bits per heavy atom. The van der Waals surface area contributed by atoms with Crippen LogP contribution in [0, 0.1) is 6.92 Å². The van der Waals surface area contributed by atoms with Crippen LogP contribution in [0.4, 0.5) is 5.82 Å². The zero-order chi connectivity index (χ0) is 18.6. The molecule has 6 nitrogen and oxygen atoms in total. The summed E-state index contributed by atoms with van der Waals surface area (Å²) in [6, 6.07) is 3.73. The molecule has 0 aliphatic heterocycles. The standard InChI is InChI=1S/C20H31N5O/c1-3-21-20(22-13-11-17-7-5-4-6-8-17)23-14-12-19(26)25-18-10-9-16(2)15-24-18/h7,9-10,15H,3-6,8,11-14H2,1-2H3,(H2,21,22,23)(H,24,25,26). The highest BCUT2D eigenvalue weighted by molar-refractivity contribution is 5.90. The number of allylic oxidation sites excluding steroid dienone is 1. The third-order valence-electron chi connectivity index (χ3n) is 4.26. The number of rotatable bonds is 8. The molecule has 1 heterocycles. The van der Waals surface area contributed by atoms with Crippen LogP contribution in [0.5, 0.6) is 0 Å². The second kappa shape index (κ2) is 11.3. The van der Waals surface area contributed by atoms with E-state index in [0.717, 1.165) is 31.0 Å². The van der Waals surface area contributed by atoms with Gasteiger partial charge in [-0.2, -0.15) is 0 Å². The lowest BCUT2D eigenvalue weighted by molar-refractivity contribution is -0.116. The fourth-order valence-electron chi connectivity index (χ4n) is 2.83. The van der Waals surface area contributed by atoms with Crippen molar-refractivity contribution >= 4 is 17.7 Å². The SMILES string of the molecule is CCNC(=NCCC(=O)Nc1ccc(C)cn1)NCCC1=CCCCC1. The zero-order valence-corrected chi connectivity index (χ0v) is 16.0. The highest BCUT2D eigenvalue weighted by atomic mass is 16.1. The van der Waals surface area contributed by atoms with E-state index >= 15 is 0 Å². The van der Waals surface area contributed by atoms with Gasteiger partial charge in [-0.1, -0.05) is 17.7 Å². The second-order valence-electron chi connectivity index (χ2n) is 6.56. The summed E-state index contributed by atoms with van der Waals surface area (Å²) >= 11 is 0. The molecule has 1 aliphatic rings. The van der Waals surface area contributed by atoms with Gasteiger partial charge < -0.3 is 16.0 Å². The number of amides is 1. The Balaban J connectivity index is 1.72. The number of guanidine groups is 1. The number of pyridine rings is 1. The Morgan fingerprint density at radius 1 is 1.27 bits per heavy atom. The van der Waals surface area contributed by atoms with Crippen molar-refractivity contribution in [1.82, 2.24) is 15.6 Å². The molecule has 0 atom stereocenters. The number of carbonyl (C=O) groups is 1. The van der Waals surface area contributed by atoms with Crippen molar-refractivity contribution in [2.24, 2.45) is 4.99 Å². The molecule has 0 unspecified atom stereocenters. The van der Waals surface area contributed by atoms with Crippen LogP contribution in [-0.2, 0) is 4.79 Å². The Hall–Kier alpha value is -2.37. The molecule has 0 saturated carbocycles. The highest BCUT2D eigenvalue weighted by Crippen LogP contribution is 2.19. The van der Waals surface area contributed by atoms with E-state index in [0.29, 0.717) is 18.8 Å². The van der Waals surface area contributed by atoms with Gasteiger partial charge in [-0.05, 0) is 57.6 Å². The monoisotopic (exact) mass is 357 g/mol. The number of carbonyl (C=O) groups excluding carboxylic acids is 1. The maximum atomic E-state index is 12.0. The summed E-state index contributed by atoms with van der Waals surface area (Å²) in [5, 5.41) is 9.37. The van der Waals surface area contributed by atoms with Gasteiger partial charge in [-0.25, -0.2) is 4.98 Å². The van der Waals surface area contributed by atoms with Crippen molar-refractivity contribution in [3.63, 3.8) is 0 Å². The molecule has 0 saturated heterocycles. The summed E-state index contributed by atoms with van der Waals surface area (Å²) in [7, 11) is 0. The van der Waals surface area contributed by atoms with Crippen LogP contribution in [0.1, 0.15) is 51.0 Å². The first-order chi connectivity index (χ1) is 12.7. The van der Waals surface area contributed by atoms with Crippen molar-refractivity contribution < 1.29 is 4.79 Å². The van der Waals surface area contributed by atoms with Crippen molar-refractivity contribution in [1.29, 1.82) is 0 Å². The maximum absolute atomic E-state index is 12.0. The van der Waals surface area contributed by atoms with E-state index in [1.54, 1.807) is 11.8 Å². The molecule has 0 fully saturated rings. The minimum atomic E-state index is -0.0756. The third kappa shape index (κ3) is 7.68. The average molecular weight is 358 g/mol. The number of hydrogen-bond acceptors (Lipinski definition) is 3. The summed E-state index contributed by atoms with van der Waals surface area (Å²) in [5.41, 5.74) is 2.61. The largest absolute Gasteiger partial charge is 0.357 e. The molecule has 3 N–H and O–H groups in total. The topological polar surface area (TPSA) is 78.4 Å². The normalized spacial score (nSPS) is 14.5. The molecule has 26 heavy (non-hydrogen) atoms. The van der Waals surface area contributed by atoms with Gasteiger partial charge in [0.15, 0.2) is 5.96 Å². The van der Waals surface area contributed by atoms with Gasteiger partial charge in [0.2, 0.25) is 5.91 Å². The van der Waals surface area contributed by atoms with Crippen molar-refractivity contribution in [2.75, 3.05) is 25.0 Å². The number of aromatic nitrogens is 1. The van der Waals surface area contributed by atoms with Crippen LogP contribution in [0.3, 0.4) is 0 Å². The third-order valence-corrected chi connectivity index (χ3v) is 4.26. The Labute approximate surface area is 156 Å². The predicted octanol–water partition coefficient (Wildman–Crippen LogP) is 3.16. The number of aliphatic imine (C=N–C) groups is 1. The van der Waals surface area contributed by atoms with E-state index in [9.17, 15) is 4.79 Å². The predicted molar refractivity (Wildman–Crippen MR) is 107 cm³/mol. The van der Waals surface area contributed by atoms with E-state index in [4.69, 9.17) is 0 Å². The Bertz CT molecular complexity index is 622. The number of aryl methyl sites for hydroxylation is 1. The van der Waals surface area contributed by atoms with Crippen LogP contribution < -0.4 is 16.0 Å². The molecular weight excluding hydrogens is 326 g/mol. The summed E-state index contributed by atoms with van der Waals surface area (Å²) in [4.78, 5) is 20.7. The lowest BCUT2D eigenvalue weighted by Gasteiger charge is -2.15. The summed E-state index contributed by atoms with van der Waals surface area (Å²) < 4.78 is 0. The van der Waals surface area contributed by atoms with Crippen molar-refractivity contribution in [3.8, 4) is 0 Å². The molecule has 0 bridgehead atoms. The average Bonchev–Trinajstić information content (AvgIpc) is 2.64. The van der Waals surface area contributed by atoms with Gasteiger partial charge in [0.05, 0.1) is 6.54 Å². The van der Waals surface area contributed by atoms with Crippen LogP contribution in [0.15, 0.2) is 35.0 Å². The second-order valence-corrected chi connectivity index (χ2v) is 6.56. The number of nitrogens with zero attached hydrogens (tertiary/aromatic N) is 2. The van der Waals surface area contributed by atoms with Crippen LogP contribution in [0.25, 0.3) is 0 Å². The van der Waals surface area contributed by atoms with Gasteiger partial charge >= 0.3 is 0 Å². The first-order valence-electron chi connectivity index (χ1n) is 9.60. The minimum absolute atomic E-state index is 0.0756. The lowest BCUT2D eigenvalue weighted by Crippen LogP contribution is -2.38. The molecule has 1 aromatic heterocycles. The lowest BCUT2D eigenvalue weighted by atomic mass is 9.97. The Morgan fingerprint density at radius 3 is 2.85 bits per heavy atom. The first kappa shape index (κ1) is 19.9. The van der Waals surface area contributed by atoms with Crippen LogP contribution >= 0.6 is 0 Å². The molecule has 142 valence electrons. The zero-order valence-electron chi connectivity index (χ0n) is 16.0. The van der Waals surface area contributed by atoms with Gasteiger partial charge in [0.1, 0.15) is 5.82 Å². The van der Waals surface area contributed by atoms with E-state index < -0.39 is 0 Å². The van der Waals surface area contributed by atoms with Gasteiger partial charge in [-0.15, -0.1) is 0 Å². The number of hydrogen-bond donors (Lipinski definition) is 3.